The monoisotopic (exact) mass is 360 g/mol. The maximum atomic E-state index is 13.5. The zero-order chi connectivity index (χ0) is 18.5. The third kappa shape index (κ3) is 4.26. The van der Waals surface area contributed by atoms with E-state index in [9.17, 15) is 4.39 Å². The number of nitrogens with one attached hydrogen (secondary N) is 1. The molecule has 1 aliphatic heterocycles. The first-order valence-electron chi connectivity index (χ1n) is 9.67. The normalized spacial score (nSPS) is 16.6. The van der Waals surface area contributed by atoms with Gasteiger partial charge in [0.1, 0.15) is 5.82 Å². The summed E-state index contributed by atoms with van der Waals surface area (Å²) in [6, 6.07) is 26.4. The maximum absolute atomic E-state index is 13.5. The van der Waals surface area contributed by atoms with E-state index in [1.165, 1.54) is 16.7 Å². The second-order valence-corrected chi connectivity index (χ2v) is 7.08. The Hall–Kier alpha value is -2.49. The topological polar surface area (TPSA) is 15.3 Å². The lowest BCUT2D eigenvalue weighted by Crippen LogP contribution is -2.33. The fourth-order valence-electron chi connectivity index (χ4n) is 3.87. The predicted octanol–water partition coefficient (Wildman–Crippen LogP) is 4.88. The molecule has 1 saturated heterocycles. The second kappa shape index (κ2) is 8.47. The molecule has 1 aliphatic rings. The molecule has 2 nitrogen and oxygen atoms in total. The van der Waals surface area contributed by atoms with Crippen LogP contribution in [0.4, 0.5) is 4.39 Å². The summed E-state index contributed by atoms with van der Waals surface area (Å²) in [4.78, 5) is 2.50. The summed E-state index contributed by atoms with van der Waals surface area (Å²) in [6.45, 7) is 4.07. The van der Waals surface area contributed by atoms with Crippen molar-refractivity contribution in [3.63, 3.8) is 0 Å². The van der Waals surface area contributed by atoms with Crippen LogP contribution in [-0.2, 0) is 0 Å². The van der Waals surface area contributed by atoms with E-state index in [2.05, 4.69) is 58.7 Å². The number of rotatable bonds is 4. The maximum Gasteiger partial charge on any atom is 0.123 e. The molecule has 1 N–H and O–H groups in total. The Morgan fingerprint density at radius 1 is 0.704 bits per heavy atom. The van der Waals surface area contributed by atoms with Crippen molar-refractivity contribution >= 4 is 0 Å². The molecule has 4 rings (SSSR count). The zero-order valence-corrected chi connectivity index (χ0v) is 15.4. The van der Waals surface area contributed by atoms with Gasteiger partial charge < -0.3 is 5.32 Å². The van der Waals surface area contributed by atoms with Gasteiger partial charge >= 0.3 is 0 Å². The molecule has 0 bridgehead atoms. The molecule has 0 spiro atoms. The zero-order valence-electron chi connectivity index (χ0n) is 15.4. The van der Waals surface area contributed by atoms with E-state index in [1.54, 1.807) is 12.1 Å². The summed E-state index contributed by atoms with van der Waals surface area (Å²) in [6.07, 6.45) is 1.12. The third-order valence-corrected chi connectivity index (χ3v) is 5.26. The quantitative estimate of drug-likeness (QED) is 0.713. The van der Waals surface area contributed by atoms with Crippen molar-refractivity contribution in [1.29, 1.82) is 0 Å². The Bertz CT molecular complexity index is 836. The average molecular weight is 360 g/mol. The highest BCUT2D eigenvalue weighted by Crippen LogP contribution is 2.31. The molecule has 138 valence electrons. The van der Waals surface area contributed by atoms with Crippen LogP contribution < -0.4 is 5.32 Å². The van der Waals surface area contributed by atoms with E-state index in [-0.39, 0.29) is 11.9 Å². The molecule has 1 unspecified atom stereocenters. The fraction of sp³-hybridized carbons (Fsp3) is 0.250. The molecular weight excluding hydrogens is 335 g/mol. The van der Waals surface area contributed by atoms with Crippen LogP contribution in [0.3, 0.4) is 0 Å². The average Bonchev–Trinajstić information content (AvgIpc) is 3.00. The van der Waals surface area contributed by atoms with Gasteiger partial charge in [-0.05, 0) is 47.4 Å². The largest absolute Gasteiger partial charge is 0.315 e. The predicted molar refractivity (Wildman–Crippen MR) is 109 cm³/mol. The van der Waals surface area contributed by atoms with Gasteiger partial charge in [0, 0.05) is 19.6 Å². The van der Waals surface area contributed by atoms with Crippen LogP contribution in [0, 0.1) is 5.82 Å². The van der Waals surface area contributed by atoms with Gasteiger partial charge in [-0.15, -0.1) is 0 Å². The van der Waals surface area contributed by atoms with Crippen LogP contribution in [-0.4, -0.2) is 31.1 Å². The van der Waals surface area contributed by atoms with E-state index in [0.717, 1.165) is 38.2 Å². The molecule has 3 heteroatoms. The van der Waals surface area contributed by atoms with Crippen molar-refractivity contribution in [2.45, 2.75) is 12.5 Å². The molecule has 0 aliphatic carbocycles. The lowest BCUT2D eigenvalue weighted by molar-refractivity contribution is 0.241. The summed E-state index contributed by atoms with van der Waals surface area (Å²) in [7, 11) is 0. The SMILES string of the molecule is Fc1ccc(C(c2ccc(-c3ccccc3)cc2)N2CCCNCC2)cc1. The van der Waals surface area contributed by atoms with Gasteiger partial charge in [-0.1, -0.05) is 66.7 Å². The molecule has 0 amide bonds. The molecule has 3 aromatic rings. The summed E-state index contributed by atoms with van der Waals surface area (Å²) >= 11 is 0. The van der Waals surface area contributed by atoms with E-state index < -0.39 is 0 Å². The second-order valence-electron chi connectivity index (χ2n) is 7.08. The molecular formula is C24H25FN2. The van der Waals surface area contributed by atoms with Gasteiger partial charge in [0.2, 0.25) is 0 Å². The molecule has 1 atom stereocenters. The van der Waals surface area contributed by atoms with Gasteiger partial charge in [0.05, 0.1) is 6.04 Å². The smallest absolute Gasteiger partial charge is 0.123 e. The van der Waals surface area contributed by atoms with Crippen LogP contribution >= 0.6 is 0 Å². The Kier molecular flexibility index (Phi) is 5.61. The van der Waals surface area contributed by atoms with Crippen LogP contribution in [0.25, 0.3) is 11.1 Å². The summed E-state index contributed by atoms with van der Waals surface area (Å²) in [5.74, 6) is -0.186. The van der Waals surface area contributed by atoms with Gasteiger partial charge in [-0.25, -0.2) is 4.39 Å². The first kappa shape index (κ1) is 17.9. The van der Waals surface area contributed by atoms with Gasteiger partial charge in [-0.3, -0.25) is 4.90 Å². The van der Waals surface area contributed by atoms with E-state index in [1.807, 2.05) is 18.2 Å². The molecule has 1 heterocycles. The van der Waals surface area contributed by atoms with Crippen LogP contribution in [0.5, 0.6) is 0 Å². The molecule has 0 saturated carbocycles. The minimum Gasteiger partial charge on any atom is -0.315 e. The lowest BCUT2D eigenvalue weighted by Gasteiger charge is -2.31. The number of hydrogen-bond acceptors (Lipinski definition) is 2. The highest BCUT2D eigenvalue weighted by molar-refractivity contribution is 5.63. The molecule has 27 heavy (non-hydrogen) atoms. The van der Waals surface area contributed by atoms with Crippen LogP contribution in [0.1, 0.15) is 23.6 Å². The highest BCUT2D eigenvalue weighted by Gasteiger charge is 2.23. The van der Waals surface area contributed by atoms with E-state index in [4.69, 9.17) is 0 Å². The number of nitrogens with zero attached hydrogens (tertiary/aromatic N) is 1. The highest BCUT2D eigenvalue weighted by atomic mass is 19.1. The summed E-state index contributed by atoms with van der Waals surface area (Å²) in [5, 5.41) is 3.47. The summed E-state index contributed by atoms with van der Waals surface area (Å²) in [5.41, 5.74) is 4.84. The van der Waals surface area contributed by atoms with E-state index in [0.29, 0.717) is 0 Å². The van der Waals surface area contributed by atoms with Crippen molar-refractivity contribution in [1.82, 2.24) is 10.2 Å². The van der Waals surface area contributed by atoms with Crippen LogP contribution in [0.2, 0.25) is 0 Å². The first-order chi connectivity index (χ1) is 13.3. The van der Waals surface area contributed by atoms with Gasteiger partial charge in [0.15, 0.2) is 0 Å². The fourth-order valence-corrected chi connectivity index (χ4v) is 3.87. The van der Waals surface area contributed by atoms with Crippen molar-refractivity contribution in [3.8, 4) is 11.1 Å². The number of benzene rings is 3. The van der Waals surface area contributed by atoms with Crippen molar-refractivity contribution in [2.24, 2.45) is 0 Å². The van der Waals surface area contributed by atoms with Crippen molar-refractivity contribution < 1.29 is 4.39 Å². The molecule has 1 fully saturated rings. The number of halogens is 1. The Morgan fingerprint density at radius 2 is 1.33 bits per heavy atom. The van der Waals surface area contributed by atoms with Gasteiger partial charge in [0.25, 0.3) is 0 Å². The Labute approximate surface area is 160 Å². The summed E-state index contributed by atoms with van der Waals surface area (Å²) < 4.78 is 13.5. The van der Waals surface area contributed by atoms with Crippen LogP contribution in [0.15, 0.2) is 78.9 Å². The minimum absolute atomic E-state index is 0.148. The lowest BCUT2D eigenvalue weighted by atomic mass is 9.94. The molecule has 0 radical (unpaired) electrons. The number of hydrogen-bond donors (Lipinski definition) is 1. The Morgan fingerprint density at radius 3 is 2.04 bits per heavy atom. The third-order valence-electron chi connectivity index (χ3n) is 5.26. The molecule has 0 aromatic heterocycles. The standard InChI is InChI=1S/C24H25FN2/c25-23-13-11-22(12-14-23)24(27-17-4-15-26-16-18-27)21-9-7-20(8-10-21)19-5-2-1-3-6-19/h1-3,5-14,24,26H,4,15-18H2. The van der Waals surface area contributed by atoms with Crippen molar-refractivity contribution in [3.05, 3.63) is 95.8 Å². The first-order valence-corrected chi connectivity index (χ1v) is 9.67. The Balaban J connectivity index is 1.68. The van der Waals surface area contributed by atoms with Gasteiger partial charge in [-0.2, -0.15) is 0 Å². The molecule has 3 aromatic carbocycles. The van der Waals surface area contributed by atoms with E-state index >= 15 is 0 Å². The van der Waals surface area contributed by atoms with Crippen molar-refractivity contribution in [2.75, 3.05) is 26.2 Å². The minimum atomic E-state index is -0.186.